The van der Waals surface area contributed by atoms with Gasteiger partial charge in [0.25, 0.3) is 5.56 Å². The highest BCUT2D eigenvalue weighted by molar-refractivity contribution is 5.57. The van der Waals surface area contributed by atoms with E-state index in [0.717, 1.165) is 0 Å². The molecule has 0 amide bonds. The maximum absolute atomic E-state index is 10.8. The molecular weight excluding hydrogens is 146 g/mol. The van der Waals surface area contributed by atoms with Crippen LogP contribution in [-0.2, 0) is 0 Å². The topological polar surface area (TPSA) is 88.3 Å². The van der Waals surface area contributed by atoms with Crippen LogP contribution in [0, 0.1) is 11.8 Å². The Morgan fingerprint density at radius 2 is 2.27 bits per heavy atom. The van der Waals surface area contributed by atoms with Crippen molar-refractivity contribution in [2.24, 2.45) is 5.18 Å². The van der Waals surface area contributed by atoms with Gasteiger partial charge in [0.2, 0.25) is 0 Å². The first-order chi connectivity index (χ1) is 5.15. The van der Waals surface area contributed by atoms with Crippen LogP contribution < -0.4 is 11.3 Å². The van der Waals surface area contributed by atoms with Crippen molar-refractivity contribution in [3.63, 3.8) is 0 Å². The molecule has 0 fully saturated rings. The van der Waals surface area contributed by atoms with E-state index < -0.39 is 0 Å². The fourth-order valence-corrected chi connectivity index (χ4v) is 0.709. The maximum atomic E-state index is 10.8. The molecule has 5 nitrogen and oxygen atoms in total. The fraction of sp³-hybridized carbons (Fsp3) is 0.167. The standard InChI is InChI=1S/C6H7N3O2/c1-3-2-4(9-11)5(7)8-6(3)10/h2H,1H3,(H3,7,8,10). The lowest BCUT2D eigenvalue weighted by Gasteiger charge is -1.96. The summed E-state index contributed by atoms with van der Waals surface area (Å²) in [5.41, 5.74) is 5.45. The Morgan fingerprint density at radius 1 is 1.64 bits per heavy atom. The SMILES string of the molecule is Cc1cc(N=O)c(N)[nH]c1=O. The highest BCUT2D eigenvalue weighted by Crippen LogP contribution is 2.16. The number of H-pyrrole nitrogens is 1. The molecule has 3 N–H and O–H groups in total. The number of hydrogen-bond donors (Lipinski definition) is 2. The average molecular weight is 153 g/mol. The molecule has 1 aromatic heterocycles. The Morgan fingerprint density at radius 3 is 2.82 bits per heavy atom. The van der Waals surface area contributed by atoms with Gasteiger partial charge in [-0.2, -0.15) is 0 Å². The summed E-state index contributed by atoms with van der Waals surface area (Å²) in [6, 6.07) is 1.35. The van der Waals surface area contributed by atoms with Gasteiger partial charge in [0, 0.05) is 5.56 Å². The molecule has 0 aliphatic heterocycles. The number of nitrogens with two attached hydrogens (primary N) is 1. The summed E-state index contributed by atoms with van der Waals surface area (Å²) in [5.74, 6) is 0.00981. The van der Waals surface area contributed by atoms with E-state index in [-0.39, 0.29) is 17.1 Å². The predicted molar refractivity (Wildman–Crippen MR) is 41.7 cm³/mol. The lowest BCUT2D eigenvalue weighted by atomic mass is 10.3. The van der Waals surface area contributed by atoms with E-state index in [2.05, 4.69) is 10.2 Å². The number of nitrogen functional groups attached to an aromatic ring is 1. The molecule has 0 saturated heterocycles. The van der Waals surface area contributed by atoms with Crippen LogP contribution in [0.3, 0.4) is 0 Å². The van der Waals surface area contributed by atoms with Crippen LogP contribution in [0.25, 0.3) is 0 Å². The number of nitrogens with one attached hydrogen (secondary N) is 1. The summed E-state index contributed by atoms with van der Waals surface area (Å²) in [6.45, 7) is 1.58. The Balaban J connectivity index is 3.43. The molecule has 0 spiro atoms. The molecule has 0 aliphatic rings. The third-order valence-corrected chi connectivity index (χ3v) is 1.33. The first kappa shape index (κ1) is 7.46. The van der Waals surface area contributed by atoms with Crippen LogP contribution in [0.15, 0.2) is 16.0 Å². The number of nitrogens with zero attached hydrogens (tertiary/aromatic N) is 1. The van der Waals surface area contributed by atoms with Gasteiger partial charge in [-0.25, -0.2) is 0 Å². The molecule has 0 radical (unpaired) electrons. The molecule has 1 aromatic rings. The fourth-order valence-electron chi connectivity index (χ4n) is 0.709. The highest BCUT2D eigenvalue weighted by Gasteiger charge is 2.01. The largest absolute Gasteiger partial charge is 0.383 e. The first-order valence-corrected chi connectivity index (χ1v) is 2.98. The molecule has 11 heavy (non-hydrogen) atoms. The zero-order valence-corrected chi connectivity index (χ0v) is 5.92. The molecule has 0 aliphatic carbocycles. The number of anilines is 1. The van der Waals surface area contributed by atoms with Crippen molar-refractivity contribution in [1.29, 1.82) is 0 Å². The van der Waals surface area contributed by atoms with Gasteiger partial charge < -0.3 is 10.7 Å². The van der Waals surface area contributed by atoms with E-state index in [1.807, 2.05) is 0 Å². The second-order valence-electron chi connectivity index (χ2n) is 2.17. The zero-order valence-electron chi connectivity index (χ0n) is 5.92. The monoisotopic (exact) mass is 153 g/mol. The average Bonchev–Trinajstić information content (AvgIpc) is 1.97. The summed E-state index contributed by atoms with van der Waals surface area (Å²) in [4.78, 5) is 23.2. The van der Waals surface area contributed by atoms with Crippen LogP contribution in [0.5, 0.6) is 0 Å². The molecule has 0 aromatic carbocycles. The summed E-state index contributed by atoms with van der Waals surface area (Å²) >= 11 is 0. The van der Waals surface area contributed by atoms with Crippen molar-refractivity contribution in [2.75, 3.05) is 5.73 Å². The van der Waals surface area contributed by atoms with Crippen LogP contribution in [0.2, 0.25) is 0 Å². The first-order valence-electron chi connectivity index (χ1n) is 2.98. The maximum Gasteiger partial charge on any atom is 0.252 e. The van der Waals surface area contributed by atoms with Crippen LogP contribution in [-0.4, -0.2) is 4.98 Å². The summed E-state index contributed by atoms with van der Waals surface area (Å²) in [5, 5.41) is 2.63. The third-order valence-electron chi connectivity index (χ3n) is 1.33. The molecule has 1 rings (SSSR count). The van der Waals surface area contributed by atoms with Crippen LogP contribution in [0.1, 0.15) is 5.56 Å². The van der Waals surface area contributed by atoms with E-state index in [0.29, 0.717) is 5.56 Å². The van der Waals surface area contributed by atoms with Crippen LogP contribution in [0.4, 0.5) is 11.5 Å². The number of nitroso groups, excluding NO2 is 1. The van der Waals surface area contributed by atoms with Gasteiger partial charge in [-0.1, -0.05) is 0 Å². The van der Waals surface area contributed by atoms with Gasteiger partial charge >= 0.3 is 0 Å². The molecule has 58 valence electrons. The number of rotatable bonds is 1. The Hall–Kier alpha value is -1.65. The van der Waals surface area contributed by atoms with Crippen molar-refractivity contribution in [3.8, 4) is 0 Å². The number of aromatic amines is 1. The number of hydrogen-bond acceptors (Lipinski definition) is 4. The minimum Gasteiger partial charge on any atom is -0.383 e. The van der Waals surface area contributed by atoms with Crippen molar-refractivity contribution in [1.82, 2.24) is 4.98 Å². The molecule has 1 heterocycles. The predicted octanol–water partition coefficient (Wildman–Crippen LogP) is 0.663. The lowest BCUT2D eigenvalue weighted by molar-refractivity contribution is 1.18. The van der Waals surface area contributed by atoms with Crippen molar-refractivity contribution < 1.29 is 0 Å². The summed E-state index contributed by atoms with van der Waals surface area (Å²) in [6.07, 6.45) is 0. The van der Waals surface area contributed by atoms with E-state index in [1.54, 1.807) is 6.92 Å². The Labute approximate surface area is 62.2 Å². The van der Waals surface area contributed by atoms with Crippen molar-refractivity contribution in [2.45, 2.75) is 6.92 Å². The lowest BCUT2D eigenvalue weighted by Crippen LogP contribution is -2.10. The Kier molecular flexibility index (Phi) is 1.72. The second-order valence-corrected chi connectivity index (χ2v) is 2.17. The quantitative estimate of drug-likeness (QED) is 0.581. The molecule has 0 bridgehead atoms. The third kappa shape index (κ3) is 1.26. The van der Waals surface area contributed by atoms with Gasteiger partial charge in [0.15, 0.2) is 0 Å². The zero-order chi connectivity index (χ0) is 8.43. The van der Waals surface area contributed by atoms with Crippen molar-refractivity contribution >= 4 is 11.5 Å². The number of pyridine rings is 1. The normalized spacial score (nSPS) is 9.55. The van der Waals surface area contributed by atoms with E-state index in [4.69, 9.17) is 5.73 Å². The number of aromatic nitrogens is 1. The molecular formula is C6H7N3O2. The van der Waals surface area contributed by atoms with Crippen molar-refractivity contribution in [3.05, 3.63) is 26.9 Å². The highest BCUT2D eigenvalue weighted by atomic mass is 16.3. The molecule has 0 atom stereocenters. The van der Waals surface area contributed by atoms with Gasteiger partial charge in [0.1, 0.15) is 11.5 Å². The molecule has 5 heteroatoms. The van der Waals surface area contributed by atoms with Gasteiger partial charge in [-0.15, -0.1) is 4.91 Å². The minimum absolute atomic E-state index is 0.00981. The molecule has 0 saturated carbocycles. The smallest absolute Gasteiger partial charge is 0.252 e. The number of aryl methyl sites for hydroxylation is 1. The van der Waals surface area contributed by atoms with Gasteiger partial charge in [0.05, 0.1) is 0 Å². The van der Waals surface area contributed by atoms with E-state index >= 15 is 0 Å². The summed E-state index contributed by atoms with van der Waals surface area (Å²) < 4.78 is 0. The Bertz CT molecular complexity index is 342. The van der Waals surface area contributed by atoms with E-state index in [9.17, 15) is 9.70 Å². The molecule has 0 unspecified atom stereocenters. The second kappa shape index (κ2) is 2.53. The van der Waals surface area contributed by atoms with Gasteiger partial charge in [-0.3, -0.25) is 4.79 Å². The van der Waals surface area contributed by atoms with Gasteiger partial charge in [-0.05, 0) is 18.2 Å². The van der Waals surface area contributed by atoms with Crippen LogP contribution >= 0.6 is 0 Å². The van der Waals surface area contributed by atoms with E-state index in [1.165, 1.54) is 6.07 Å². The summed E-state index contributed by atoms with van der Waals surface area (Å²) in [7, 11) is 0. The minimum atomic E-state index is -0.296.